The lowest BCUT2D eigenvalue weighted by Crippen LogP contribution is -2.26. The van der Waals surface area contributed by atoms with Crippen LogP contribution in [0.3, 0.4) is 0 Å². The minimum absolute atomic E-state index is 0. The van der Waals surface area contributed by atoms with Crippen LogP contribution in [0, 0.1) is 0 Å². The number of carbonyl (C=O) groups excluding carboxylic acids is 1. The molecule has 1 unspecified atom stereocenters. The second-order valence-corrected chi connectivity index (χ2v) is 9.53. The van der Waals surface area contributed by atoms with E-state index < -0.39 is 0 Å². The normalized spacial score (nSPS) is 9.98. The van der Waals surface area contributed by atoms with Crippen molar-refractivity contribution >= 4 is 38.5 Å². The Balaban J connectivity index is 0.000000496. The number of hydrogen-bond acceptors (Lipinski definition) is 2. The summed E-state index contributed by atoms with van der Waals surface area (Å²) >= 11 is 0. The highest BCUT2D eigenvalue weighted by atomic mass is 16.1. The van der Waals surface area contributed by atoms with Crippen LogP contribution in [-0.2, 0) is 4.79 Å². The molecule has 3 heterocycles. The van der Waals surface area contributed by atoms with Crippen LogP contribution in [0.2, 0.25) is 0 Å². The Labute approximate surface area is 253 Å². The molecule has 5 heteroatoms. The van der Waals surface area contributed by atoms with Crippen LogP contribution < -0.4 is 5.73 Å². The van der Waals surface area contributed by atoms with Gasteiger partial charge in [-0.2, -0.15) is 0 Å². The molecule has 0 saturated heterocycles. The third-order valence-corrected chi connectivity index (χ3v) is 5.85. The van der Waals surface area contributed by atoms with E-state index in [9.17, 15) is 4.79 Å². The Morgan fingerprint density at radius 3 is 1.07 bits per heavy atom. The first-order chi connectivity index (χ1) is 19.9. The van der Waals surface area contributed by atoms with Crippen molar-refractivity contribution in [3.63, 3.8) is 0 Å². The van der Waals surface area contributed by atoms with Crippen molar-refractivity contribution in [1.29, 1.82) is 0 Å². The summed E-state index contributed by atoms with van der Waals surface area (Å²) in [5, 5.41) is 3.83. The Morgan fingerprint density at radius 2 is 0.881 bits per heavy atom. The maximum atomic E-state index is 10.2. The number of rotatable bonds is 3. The zero-order valence-corrected chi connectivity index (χ0v) is 25.8. The number of aromatic nitrogens is 3. The van der Waals surface area contributed by atoms with Crippen molar-refractivity contribution in [1.82, 2.24) is 15.0 Å². The Kier molecular flexibility index (Phi) is 21.3. The van der Waals surface area contributed by atoms with Crippen molar-refractivity contribution in [3.8, 4) is 0 Å². The van der Waals surface area contributed by atoms with E-state index >= 15 is 0 Å². The van der Waals surface area contributed by atoms with Gasteiger partial charge in [0.1, 0.15) is 5.78 Å². The van der Waals surface area contributed by atoms with E-state index in [0.29, 0.717) is 0 Å². The van der Waals surface area contributed by atoms with Gasteiger partial charge in [0, 0.05) is 35.1 Å². The Bertz CT molecular complexity index is 1210. The topological polar surface area (TPSA) is 90.5 Å². The summed E-state index contributed by atoms with van der Waals surface area (Å²) in [6.07, 6.45) is 10.5. The van der Waals surface area contributed by atoms with Crippen LogP contribution in [0.1, 0.15) is 74.7 Å². The van der Waals surface area contributed by atoms with Crippen LogP contribution in [0.4, 0.5) is 0 Å². The monoisotopic (exact) mass is 570 g/mol. The van der Waals surface area contributed by atoms with E-state index in [1.165, 1.54) is 58.9 Å². The fourth-order valence-electron chi connectivity index (χ4n) is 3.27. The molecule has 0 amide bonds. The number of fused-ring (bicyclic) bond motifs is 3. The van der Waals surface area contributed by atoms with Gasteiger partial charge in [0.15, 0.2) is 0 Å². The van der Waals surface area contributed by atoms with Gasteiger partial charge in [-0.25, -0.2) is 0 Å². The molecular weight excluding hydrogens is 516 g/mol. The fraction of sp³-hybridized carbons (Fsp3) is 0.324. The maximum Gasteiger partial charge on any atom is 0.146 e. The van der Waals surface area contributed by atoms with Crippen molar-refractivity contribution in [2.45, 2.75) is 80.7 Å². The molecule has 0 aliphatic carbocycles. The van der Waals surface area contributed by atoms with Gasteiger partial charge in [0.25, 0.3) is 0 Å². The fourth-order valence-corrected chi connectivity index (χ4v) is 3.27. The van der Waals surface area contributed by atoms with E-state index in [-0.39, 0.29) is 19.3 Å². The van der Waals surface area contributed by atoms with E-state index in [1.54, 1.807) is 0 Å². The third kappa shape index (κ3) is 15.1. The zero-order chi connectivity index (χ0) is 30.3. The van der Waals surface area contributed by atoms with Gasteiger partial charge in [0.05, 0.1) is 6.04 Å². The summed E-state index contributed by atoms with van der Waals surface area (Å²) in [5.41, 5.74) is 8.88. The van der Waals surface area contributed by atoms with Crippen molar-refractivity contribution in [2.24, 2.45) is 5.73 Å². The van der Waals surface area contributed by atoms with Crippen molar-refractivity contribution in [2.75, 3.05) is 0 Å². The molecule has 1 atom stereocenters. The molecule has 6 rings (SSSR count). The first-order valence-corrected chi connectivity index (χ1v) is 14.7. The zero-order valence-electron chi connectivity index (χ0n) is 25.8. The summed E-state index contributed by atoms with van der Waals surface area (Å²) in [6, 6.07) is 30.6. The van der Waals surface area contributed by atoms with Crippen molar-refractivity contribution in [3.05, 3.63) is 110 Å². The Morgan fingerprint density at radius 1 is 0.595 bits per heavy atom. The van der Waals surface area contributed by atoms with Crippen LogP contribution in [-0.4, -0.2) is 26.8 Å². The summed E-state index contributed by atoms with van der Waals surface area (Å²) in [5.74, 6) is 0.0718. The number of para-hydroxylation sites is 3. The van der Waals surface area contributed by atoms with E-state index in [1.807, 2.05) is 61.9 Å². The number of Topliss-reactive ketones (excluding diaryl/α,β-unsaturated/α-hetero) is 1. The highest BCUT2D eigenvalue weighted by Crippen LogP contribution is 2.10. The second-order valence-electron chi connectivity index (χ2n) is 9.53. The number of H-pyrrole nitrogens is 3. The molecule has 3 aromatic heterocycles. The second kappa shape index (κ2) is 23.6. The van der Waals surface area contributed by atoms with Crippen LogP contribution in [0.25, 0.3) is 32.7 Å². The highest BCUT2D eigenvalue weighted by molar-refractivity contribution is 5.81. The molecule has 42 heavy (non-hydrogen) atoms. The molecule has 0 saturated carbocycles. The van der Waals surface area contributed by atoms with Crippen LogP contribution in [0.5, 0.6) is 0 Å². The number of unbranched alkanes of at least 4 members (excludes halogenated alkanes) is 1. The number of ketones is 1. The quantitative estimate of drug-likeness (QED) is 0.170. The van der Waals surface area contributed by atoms with E-state index in [0.717, 1.165) is 6.42 Å². The number of nitrogens with two attached hydrogens (primary N) is 1. The van der Waals surface area contributed by atoms with Crippen LogP contribution >= 0.6 is 0 Å². The Hall–Kier alpha value is -4.09. The van der Waals surface area contributed by atoms with E-state index in [2.05, 4.69) is 97.2 Å². The number of nitrogens with one attached hydrogen (secondary N) is 3. The van der Waals surface area contributed by atoms with Gasteiger partial charge in [-0.3, -0.25) is 4.79 Å². The predicted octanol–water partition coefficient (Wildman–Crippen LogP) is 10.7. The summed E-state index contributed by atoms with van der Waals surface area (Å²) in [6.45, 7) is 12.0. The van der Waals surface area contributed by atoms with Gasteiger partial charge >= 0.3 is 0 Å². The van der Waals surface area contributed by atoms with Gasteiger partial charge in [-0.1, -0.05) is 116 Å². The largest absolute Gasteiger partial charge is 0.361 e. The lowest BCUT2D eigenvalue weighted by Gasteiger charge is -1.99. The third-order valence-electron chi connectivity index (χ3n) is 5.85. The average Bonchev–Trinajstić information content (AvgIpc) is 3.79. The van der Waals surface area contributed by atoms with Gasteiger partial charge < -0.3 is 20.7 Å². The number of aromatic amines is 3. The van der Waals surface area contributed by atoms with E-state index in [4.69, 9.17) is 5.73 Å². The maximum absolute atomic E-state index is 10.2. The predicted molar refractivity (Wildman–Crippen MR) is 187 cm³/mol. The lowest BCUT2D eigenvalue weighted by atomic mass is 10.2. The number of benzene rings is 3. The van der Waals surface area contributed by atoms with Gasteiger partial charge in [-0.05, 0) is 65.9 Å². The molecule has 0 bridgehead atoms. The molecule has 0 radical (unpaired) electrons. The number of hydrogen-bond donors (Lipinski definition) is 4. The summed E-state index contributed by atoms with van der Waals surface area (Å²) in [4.78, 5) is 19.6. The molecule has 6 aromatic rings. The molecule has 0 aliphatic heterocycles. The smallest absolute Gasteiger partial charge is 0.146 e. The molecule has 5 N–H and O–H groups in total. The lowest BCUT2D eigenvalue weighted by molar-refractivity contribution is -0.118. The molecular formula is C37H54N4O. The molecule has 0 spiro atoms. The molecule has 0 aliphatic rings. The minimum atomic E-state index is -0.236. The standard InChI is InChI=1S/3C8H7N.C5H11NO.C4H10.C3H8.CH4/c3*1-2-4-8-7(3-1)5-6-9-8;1-3-5(6)4(2)7;1-3-4-2;1-3-2;/h3*1-6,9H;5H,3,6H2,1-2H3;3-4H2,1-2H3;3H2,1-2H3;1H4. The van der Waals surface area contributed by atoms with Gasteiger partial charge in [-0.15, -0.1) is 0 Å². The highest BCUT2D eigenvalue weighted by Gasteiger charge is 2.01. The average molecular weight is 571 g/mol. The summed E-state index contributed by atoms with van der Waals surface area (Å²) in [7, 11) is 0. The molecule has 228 valence electrons. The first kappa shape index (κ1) is 37.9. The van der Waals surface area contributed by atoms with Gasteiger partial charge in [0.2, 0.25) is 0 Å². The minimum Gasteiger partial charge on any atom is -0.361 e. The summed E-state index contributed by atoms with van der Waals surface area (Å²) < 4.78 is 0. The molecule has 0 fully saturated rings. The van der Waals surface area contributed by atoms with Crippen LogP contribution in [0.15, 0.2) is 110 Å². The molecule has 5 nitrogen and oxygen atoms in total. The first-order valence-electron chi connectivity index (χ1n) is 14.7. The molecule has 3 aromatic carbocycles. The number of carbonyl (C=O) groups is 1. The van der Waals surface area contributed by atoms with Crippen molar-refractivity contribution < 1.29 is 4.79 Å². The SMILES string of the molecule is C.CCC.CCC(N)C(C)=O.CCCC.c1ccc2[nH]ccc2c1.c1ccc2[nH]ccc2c1.c1ccc2[nH]ccc2c1.